The van der Waals surface area contributed by atoms with E-state index in [1.165, 1.54) is 0 Å². The topological polar surface area (TPSA) is 281 Å². The van der Waals surface area contributed by atoms with E-state index in [0.29, 0.717) is 12.8 Å². The largest absolute Gasteiger partial charge is 0.444 e. The van der Waals surface area contributed by atoms with Gasteiger partial charge in [-0.3, -0.25) is 0 Å². The first-order valence-corrected chi connectivity index (χ1v) is 22.6. The van der Waals surface area contributed by atoms with Crippen molar-refractivity contribution in [3.05, 3.63) is 35.9 Å². The van der Waals surface area contributed by atoms with Crippen LogP contribution in [-0.4, -0.2) is 144 Å². The summed E-state index contributed by atoms with van der Waals surface area (Å²) in [5.41, 5.74) is 11.1. The van der Waals surface area contributed by atoms with Crippen molar-refractivity contribution >= 4 is 24.4 Å². The summed E-state index contributed by atoms with van der Waals surface area (Å²) in [7, 11) is 0. The van der Waals surface area contributed by atoms with Gasteiger partial charge in [-0.15, -0.1) is 0 Å². The lowest BCUT2D eigenvalue weighted by Crippen LogP contribution is -2.72. The Kier molecular flexibility index (Phi) is 17.2. The van der Waals surface area contributed by atoms with Crippen LogP contribution in [0.4, 0.5) is 19.2 Å². The summed E-state index contributed by atoms with van der Waals surface area (Å²) in [5.74, 6) is 0. The van der Waals surface area contributed by atoms with Crippen LogP contribution in [0.5, 0.6) is 0 Å². The van der Waals surface area contributed by atoms with Gasteiger partial charge in [-0.05, 0) is 102 Å². The molecule has 66 heavy (non-hydrogen) atoms. The fourth-order valence-electron chi connectivity index (χ4n) is 7.90. The first-order chi connectivity index (χ1) is 30.5. The van der Waals surface area contributed by atoms with Gasteiger partial charge in [-0.2, -0.15) is 0 Å². The number of nitrogens with one attached hydrogen (secondary N) is 4. The zero-order valence-electron chi connectivity index (χ0n) is 40.3. The first-order valence-electron chi connectivity index (χ1n) is 22.6. The number of aliphatic hydroxyl groups excluding tert-OH is 1. The fourth-order valence-corrected chi connectivity index (χ4v) is 7.90. The molecule has 14 atom stereocenters. The zero-order chi connectivity index (χ0) is 48.9. The van der Waals surface area contributed by atoms with Crippen molar-refractivity contribution in [1.29, 1.82) is 0 Å². The highest BCUT2D eigenvalue weighted by atomic mass is 16.8. The number of amides is 4. The molecule has 3 saturated heterocycles. The second-order valence-electron chi connectivity index (χ2n) is 21.2. The molecule has 9 N–H and O–H groups in total. The Labute approximate surface area is 387 Å². The second kappa shape index (κ2) is 21.5. The Morgan fingerprint density at radius 2 is 1.20 bits per heavy atom. The number of aliphatic hydroxyl groups is 1. The molecule has 4 amide bonds. The van der Waals surface area contributed by atoms with E-state index in [1.54, 1.807) is 83.1 Å². The van der Waals surface area contributed by atoms with Gasteiger partial charge in [-0.1, -0.05) is 30.3 Å². The van der Waals surface area contributed by atoms with Crippen molar-refractivity contribution < 1.29 is 71.7 Å². The van der Waals surface area contributed by atoms with Gasteiger partial charge in [0.15, 0.2) is 18.9 Å². The number of carbonyl (C=O) groups is 4. The van der Waals surface area contributed by atoms with Gasteiger partial charge in [0.05, 0.1) is 30.8 Å². The minimum absolute atomic E-state index is 0.0182. The summed E-state index contributed by atoms with van der Waals surface area (Å²) < 4.78 is 60.6. The minimum atomic E-state index is -1.64. The van der Waals surface area contributed by atoms with Gasteiger partial charge in [-0.25, -0.2) is 19.2 Å². The Morgan fingerprint density at radius 1 is 0.667 bits per heavy atom. The molecule has 5 rings (SSSR count). The van der Waals surface area contributed by atoms with E-state index >= 15 is 0 Å². The molecule has 4 fully saturated rings. The maximum Gasteiger partial charge on any atom is 0.408 e. The number of fused-ring (bicyclic) bond motifs is 1. The van der Waals surface area contributed by atoms with Crippen LogP contribution in [0.1, 0.15) is 114 Å². The highest BCUT2D eigenvalue weighted by Gasteiger charge is 2.54. The lowest BCUT2D eigenvalue weighted by atomic mass is 9.83. The molecule has 1 aliphatic carbocycles. The van der Waals surface area contributed by atoms with Gasteiger partial charge in [0.25, 0.3) is 0 Å². The molecule has 0 radical (unpaired) electrons. The SMILES string of the molecule is CC(C)(C)OC(=O)NC[C@@H]1CC[C@@H](NC(=O)OC(C)(C)C)[C@@H](O[C@H]2[C@H](O)[C@@H](O[C@H]3O[C@@H]4COC(c5ccccc5)O[C@H]4[C@H](N)[C@H]3NC(=O)OC(C)(C)C)[C@H](N)C[C@@H]2NC(=O)OC(C)(C)C)O1. The van der Waals surface area contributed by atoms with E-state index in [1.807, 2.05) is 30.3 Å². The van der Waals surface area contributed by atoms with E-state index < -0.39 is 132 Å². The minimum Gasteiger partial charge on any atom is -0.444 e. The predicted molar refractivity (Wildman–Crippen MR) is 237 cm³/mol. The summed E-state index contributed by atoms with van der Waals surface area (Å²) in [5, 5.41) is 23.5. The molecule has 0 spiro atoms. The number of rotatable bonds is 10. The number of carbonyl (C=O) groups excluding carboxylic acids is 4. The van der Waals surface area contributed by atoms with Gasteiger partial charge >= 0.3 is 24.4 Å². The summed E-state index contributed by atoms with van der Waals surface area (Å²) in [6.45, 7) is 20.7. The van der Waals surface area contributed by atoms with Crippen LogP contribution in [0.2, 0.25) is 0 Å². The van der Waals surface area contributed by atoms with Crippen molar-refractivity contribution in [2.75, 3.05) is 13.2 Å². The number of benzene rings is 1. The maximum atomic E-state index is 13.4. The third-order valence-electron chi connectivity index (χ3n) is 10.5. The fraction of sp³-hybridized carbons (Fsp3) is 0.778. The molecule has 0 bridgehead atoms. The molecule has 1 aromatic carbocycles. The molecule has 21 heteroatoms. The molecular formula is C45H74N6O15. The Hall–Kier alpha value is -4.06. The highest BCUT2D eigenvalue weighted by molar-refractivity contribution is 5.69. The predicted octanol–water partition coefficient (Wildman–Crippen LogP) is 3.72. The number of ether oxygens (including phenoxy) is 10. The third kappa shape index (κ3) is 15.8. The van der Waals surface area contributed by atoms with E-state index in [9.17, 15) is 24.3 Å². The van der Waals surface area contributed by atoms with E-state index in [0.717, 1.165) is 5.56 Å². The zero-order valence-corrected chi connectivity index (χ0v) is 40.3. The third-order valence-corrected chi connectivity index (χ3v) is 10.5. The van der Waals surface area contributed by atoms with Crippen LogP contribution < -0.4 is 32.7 Å². The van der Waals surface area contributed by atoms with Crippen molar-refractivity contribution in [2.24, 2.45) is 11.5 Å². The average molecular weight is 939 g/mol. The van der Waals surface area contributed by atoms with Crippen molar-refractivity contribution in [3.63, 3.8) is 0 Å². The lowest BCUT2D eigenvalue weighted by Gasteiger charge is -2.51. The molecule has 3 aliphatic heterocycles. The summed E-state index contributed by atoms with van der Waals surface area (Å²) >= 11 is 0. The monoisotopic (exact) mass is 939 g/mol. The van der Waals surface area contributed by atoms with Crippen molar-refractivity contribution in [2.45, 2.75) is 210 Å². The molecule has 4 aliphatic rings. The number of alkyl carbamates (subject to hydrolysis) is 4. The standard InChI is InChI=1S/C45H74N6O15/c1-42(2,3)63-38(53)48-21-24-18-19-26(49-39(54)64-43(4,5)6)36(58-24)61-33-27(50-40(55)65-44(7,8)9)20-25(46)32(31(33)52)60-37-30(51-41(56)66-45(10,11)12)29(47)34-28(59-37)22-57-35(62-34)23-16-14-13-15-17-23/h13-17,24-37,52H,18-22,46-47H2,1-12H3,(H,48,53)(H,49,54)(H,50,55)(H,51,56)/t24-,25+,26+,27-,28+,29+,30+,31+,32-,33+,34+,35?,36+,37+/m0/s1. The van der Waals surface area contributed by atoms with Crippen LogP contribution in [0.3, 0.4) is 0 Å². The first kappa shape index (κ1) is 52.9. The summed E-state index contributed by atoms with van der Waals surface area (Å²) in [4.78, 5) is 52.5. The Bertz CT molecular complexity index is 1780. The normalized spacial score (nSPS) is 33.0. The van der Waals surface area contributed by atoms with Crippen LogP contribution in [0.15, 0.2) is 30.3 Å². The van der Waals surface area contributed by atoms with Crippen molar-refractivity contribution in [3.8, 4) is 0 Å². The number of hydrogen-bond donors (Lipinski definition) is 7. The maximum absolute atomic E-state index is 13.4. The van der Waals surface area contributed by atoms with Crippen LogP contribution in [0, 0.1) is 0 Å². The molecule has 374 valence electrons. The Balaban J connectivity index is 1.44. The van der Waals surface area contributed by atoms with Crippen LogP contribution >= 0.6 is 0 Å². The van der Waals surface area contributed by atoms with Gasteiger partial charge in [0, 0.05) is 18.2 Å². The lowest BCUT2D eigenvalue weighted by molar-refractivity contribution is -0.340. The molecule has 3 heterocycles. The molecule has 1 aromatic rings. The van der Waals surface area contributed by atoms with Crippen LogP contribution in [-0.2, 0) is 47.4 Å². The smallest absolute Gasteiger partial charge is 0.408 e. The molecule has 1 saturated carbocycles. The quantitative estimate of drug-likeness (QED) is 0.165. The summed E-state index contributed by atoms with van der Waals surface area (Å²) in [6.07, 6.45) is -12.3. The van der Waals surface area contributed by atoms with Gasteiger partial charge in [0.1, 0.15) is 59.0 Å². The molecule has 1 unspecified atom stereocenters. The number of nitrogens with two attached hydrogens (primary N) is 2. The van der Waals surface area contributed by atoms with Gasteiger partial charge < -0.3 is 85.2 Å². The number of hydrogen-bond acceptors (Lipinski definition) is 17. The highest BCUT2D eigenvalue weighted by Crippen LogP contribution is 2.37. The molecule has 21 nitrogen and oxygen atoms in total. The van der Waals surface area contributed by atoms with Gasteiger partial charge in [0.2, 0.25) is 0 Å². The van der Waals surface area contributed by atoms with Crippen LogP contribution in [0.25, 0.3) is 0 Å². The van der Waals surface area contributed by atoms with Crippen molar-refractivity contribution in [1.82, 2.24) is 21.3 Å². The van der Waals surface area contributed by atoms with E-state index in [-0.39, 0.29) is 19.6 Å². The Morgan fingerprint density at radius 3 is 1.77 bits per heavy atom. The van der Waals surface area contributed by atoms with E-state index in [4.69, 9.17) is 58.8 Å². The second-order valence-corrected chi connectivity index (χ2v) is 21.2. The summed E-state index contributed by atoms with van der Waals surface area (Å²) in [6, 6.07) is 4.37. The average Bonchev–Trinajstić information content (AvgIpc) is 3.16. The molecular weight excluding hydrogens is 865 g/mol. The van der Waals surface area contributed by atoms with E-state index in [2.05, 4.69) is 21.3 Å². The molecule has 0 aromatic heterocycles.